The number of rotatable bonds is 17. The average Bonchev–Trinajstić information content (AvgIpc) is 3.08. The molecule has 8 nitrogen and oxygen atoms in total. The Morgan fingerprint density at radius 2 is 1.47 bits per heavy atom. The molecule has 2 N–H and O–H groups in total. The second kappa shape index (κ2) is 16.5. The molecule has 0 aliphatic carbocycles. The largest absolute Gasteiger partial charge is 0.478 e. The highest BCUT2D eigenvalue weighted by atomic mass is 32.1. The number of carboxylic acid groups (broad SMARTS) is 1. The maximum Gasteiger partial charge on any atom is 0.412 e. The zero-order valence-corrected chi connectivity index (χ0v) is 20.3. The normalized spacial score (nSPS) is 10.7. The van der Waals surface area contributed by atoms with Gasteiger partial charge >= 0.3 is 18.0 Å². The van der Waals surface area contributed by atoms with Crippen LogP contribution in [0.5, 0.6) is 0 Å². The third-order valence-corrected chi connectivity index (χ3v) is 5.99. The van der Waals surface area contributed by atoms with Gasteiger partial charge < -0.3 is 19.3 Å². The Morgan fingerprint density at radius 3 is 2.16 bits per heavy atom. The molecule has 0 aromatic carbocycles. The number of esters is 1. The van der Waals surface area contributed by atoms with Crippen LogP contribution >= 0.6 is 11.3 Å². The van der Waals surface area contributed by atoms with Crippen molar-refractivity contribution < 1.29 is 33.7 Å². The minimum absolute atomic E-state index is 0.0674. The summed E-state index contributed by atoms with van der Waals surface area (Å²) in [6, 6.07) is 0. The molecule has 1 aromatic rings. The van der Waals surface area contributed by atoms with Gasteiger partial charge in [-0.1, -0.05) is 52.4 Å². The van der Waals surface area contributed by atoms with Crippen LogP contribution in [0.15, 0.2) is 0 Å². The standard InChI is InChI=1S/C23H37NO7S/c1-4-6-8-9-10-11-15-31-23(28)24-20-18(21(25)26)17(3)19(32-20)22(27)30-16-12-14-29-13-7-5-2/h4-16H2,1-3H3,(H,24,28)(H,25,26). The molecule has 1 heterocycles. The number of aromatic carboxylic acids is 1. The summed E-state index contributed by atoms with van der Waals surface area (Å²) in [6.45, 7) is 7.37. The first-order valence-corrected chi connectivity index (χ1v) is 12.3. The average molecular weight is 472 g/mol. The molecule has 0 atom stereocenters. The molecule has 32 heavy (non-hydrogen) atoms. The zero-order chi connectivity index (χ0) is 23.8. The van der Waals surface area contributed by atoms with Gasteiger partial charge in [0.05, 0.1) is 18.8 Å². The van der Waals surface area contributed by atoms with Crippen LogP contribution in [0.3, 0.4) is 0 Å². The Morgan fingerprint density at radius 1 is 0.844 bits per heavy atom. The number of carbonyl (C=O) groups is 3. The fourth-order valence-corrected chi connectivity index (χ4v) is 4.05. The fourth-order valence-electron chi connectivity index (χ4n) is 2.97. The summed E-state index contributed by atoms with van der Waals surface area (Å²) < 4.78 is 15.8. The number of amides is 1. The summed E-state index contributed by atoms with van der Waals surface area (Å²) in [6.07, 6.45) is 8.25. The molecular weight excluding hydrogens is 434 g/mol. The number of unbranched alkanes of at least 4 members (excludes halogenated alkanes) is 6. The summed E-state index contributed by atoms with van der Waals surface area (Å²) >= 11 is 0.880. The van der Waals surface area contributed by atoms with Crippen LogP contribution in [-0.2, 0) is 14.2 Å². The predicted molar refractivity (Wildman–Crippen MR) is 125 cm³/mol. The van der Waals surface area contributed by atoms with Crippen molar-refractivity contribution in [2.45, 2.75) is 78.6 Å². The number of anilines is 1. The summed E-state index contributed by atoms with van der Waals surface area (Å²) in [5, 5.41) is 12.1. The van der Waals surface area contributed by atoms with E-state index >= 15 is 0 Å². The van der Waals surface area contributed by atoms with Gasteiger partial charge in [-0.15, -0.1) is 11.3 Å². The molecule has 0 aliphatic heterocycles. The van der Waals surface area contributed by atoms with Crippen molar-refractivity contribution in [3.05, 3.63) is 16.0 Å². The maximum atomic E-state index is 12.4. The number of thiophene rings is 1. The number of hydrogen-bond acceptors (Lipinski definition) is 7. The highest BCUT2D eigenvalue weighted by Crippen LogP contribution is 2.33. The maximum absolute atomic E-state index is 12.4. The van der Waals surface area contributed by atoms with E-state index in [-0.39, 0.29) is 34.2 Å². The van der Waals surface area contributed by atoms with Gasteiger partial charge in [-0.3, -0.25) is 5.32 Å². The van der Waals surface area contributed by atoms with Gasteiger partial charge in [-0.25, -0.2) is 14.4 Å². The lowest BCUT2D eigenvalue weighted by molar-refractivity contribution is 0.0449. The Bertz CT molecular complexity index is 717. The van der Waals surface area contributed by atoms with Crippen LogP contribution in [0.25, 0.3) is 0 Å². The number of carboxylic acids is 1. The van der Waals surface area contributed by atoms with Crippen LogP contribution in [0, 0.1) is 6.92 Å². The third-order valence-electron chi connectivity index (χ3n) is 4.80. The summed E-state index contributed by atoms with van der Waals surface area (Å²) in [5.41, 5.74) is 0.138. The van der Waals surface area contributed by atoms with Gasteiger partial charge in [-0.05, 0) is 25.3 Å². The molecule has 0 aliphatic rings. The van der Waals surface area contributed by atoms with Crippen LogP contribution in [0.2, 0.25) is 0 Å². The molecule has 0 saturated carbocycles. The van der Waals surface area contributed by atoms with Crippen LogP contribution in [0.1, 0.15) is 97.2 Å². The first-order chi connectivity index (χ1) is 15.4. The SMILES string of the molecule is CCCCCCCCOC(=O)Nc1sc(C(=O)OCCCOCCCC)c(C)c1C(=O)O. The van der Waals surface area contributed by atoms with Gasteiger partial charge in [0, 0.05) is 19.6 Å². The Balaban J connectivity index is 2.54. The number of ether oxygens (including phenoxy) is 3. The molecule has 0 unspecified atom stereocenters. The lowest BCUT2D eigenvalue weighted by atomic mass is 10.1. The predicted octanol–water partition coefficient (Wildman–Crippen LogP) is 6.03. The monoisotopic (exact) mass is 471 g/mol. The van der Waals surface area contributed by atoms with Crippen molar-refractivity contribution in [2.75, 3.05) is 31.7 Å². The molecule has 9 heteroatoms. The Kier molecular flexibility index (Phi) is 14.4. The van der Waals surface area contributed by atoms with Crippen LogP contribution in [-0.4, -0.2) is 49.6 Å². The molecule has 0 fully saturated rings. The van der Waals surface area contributed by atoms with E-state index in [1.807, 2.05) is 0 Å². The molecular formula is C23H37NO7S. The smallest absolute Gasteiger partial charge is 0.412 e. The number of nitrogens with one attached hydrogen (secondary N) is 1. The molecule has 1 rings (SSSR count). The molecule has 1 aromatic heterocycles. The van der Waals surface area contributed by atoms with E-state index < -0.39 is 18.0 Å². The van der Waals surface area contributed by atoms with Gasteiger partial charge in [0.1, 0.15) is 9.88 Å². The van der Waals surface area contributed by atoms with E-state index in [4.69, 9.17) is 14.2 Å². The van der Waals surface area contributed by atoms with E-state index in [9.17, 15) is 19.5 Å². The fraction of sp³-hybridized carbons (Fsp3) is 0.696. The first-order valence-electron chi connectivity index (χ1n) is 11.5. The minimum Gasteiger partial charge on any atom is -0.478 e. The summed E-state index contributed by atoms with van der Waals surface area (Å²) in [4.78, 5) is 36.3. The molecule has 0 saturated heterocycles. The van der Waals surface area contributed by atoms with Gasteiger partial charge in [0.25, 0.3) is 0 Å². The van der Waals surface area contributed by atoms with E-state index in [0.717, 1.165) is 43.4 Å². The molecule has 0 spiro atoms. The molecule has 182 valence electrons. The van der Waals surface area contributed by atoms with E-state index in [0.29, 0.717) is 19.6 Å². The van der Waals surface area contributed by atoms with Crippen molar-refractivity contribution in [3.8, 4) is 0 Å². The quantitative estimate of drug-likeness (QED) is 0.211. The van der Waals surface area contributed by atoms with E-state index in [1.54, 1.807) is 0 Å². The Hall–Kier alpha value is -2.13. The highest BCUT2D eigenvalue weighted by Gasteiger charge is 2.26. The summed E-state index contributed by atoms with van der Waals surface area (Å²) in [5.74, 6) is -1.84. The molecule has 1 amide bonds. The van der Waals surface area contributed by atoms with Crippen LogP contribution in [0.4, 0.5) is 9.80 Å². The van der Waals surface area contributed by atoms with Crippen molar-refractivity contribution >= 4 is 34.4 Å². The van der Waals surface area contributed by atoms with Crippen molar-refractivity contribution in [2.24, 2.45) is 0 Å². The Labute approximate surface area is 194 Å². The second-order valence-corrected chi connectivity index (χ2v) is 8.57. The molecule has 0 radical (unpaired) electrons. The van der Waals surface area contributed by atoms with Crippen LogP contribution < -0.4 is 5.32 Å². The lowest BCUT2D eigenvalue weighted by Crippen LogP contribution is -2.15. The molecule has 0 bridgehead atoms. The number of hydrogen-bond donors (Lipinski definition) is 2. The van der Waals surface area contributed by atoms with Crippen molar-refractivity contribution in [1.29, 1.82) is 0 Å². The van der Waals surface area contributed by atoms with Gasteiger partial charge in [0.15, 0.2) is 0 Å². The van der Waals surface area contributed by atoms with Crippen molar-refractivity contribution in [3.63, 3.8) is 0 Å². The van der Waals surface area contributed by atoms with Crippen molar-refractivity contribution in [1.82, 2.24) is 0 Å². The first kappa shape index (κ1) is 27.9. The topological polar surface area (TPSA) is 111 Å². The minimum atomic E-state index is -1.23. The zero-order valence-electron chi connectivity index (χ0n) is 19.5. The van der Waals surface area contributed by atoms with E-state index in [1.165, 1.54) is 26.2 Å². The third kappa shape index (κ3) is 10.5. The van der Waals surface area contributed by atoms with Gasteiger partial charge in [-0.2, -0.15) is 0 Å². The highest BCUT2D eigenvalue weighted by molar-refractivity contribution is 7.18. The summed E-state index contributed by atoms with van der Waals surface area (Å²) in [7, 11) is 0. The lowest BCUT2D eigenvalue weighted by Gasteiger charge is -2.06. The second-order valence-electron chi connectivity index (χ2n) is 7.55. The van der Waals surface area contributed by atoms with E-state index in [2.05, 4.69) is 19.2 Å². The number of carbonyl (C=O) groups excluding carboxylic acids is 2. The van der Waals surface area contributed by atoms with Gasteiger partial charge in [0.2, 0.25) is 0 Å².